The lowest BCUT2D eigenvalue weighted by atomic mass is 9.93. The largest absolute Gasteiger partial charge is 0.481 e. The average molecular weight is 341 g/mol. The molecule has 4 nitrogen and oxygen atoms in total. The Morgan fingerprint density at radius 3 is 2.38 bits per heavy atom. The number of rotatable bonds is 3. The van der Waals surface area contributed by atoms with Gasteiger partial charge in [-0.25, -0.2) is 0 Å². The molecule has 1 aromatic rings. The summed E-state index contributed by atoms with van der Waals surface area (Å²) in [5.41, 5.74) is 0.995. The molecule has 2 aliphatic rings. The van der Waals surface area contributed by atoms with Crippen molar-refractivity contribution >= 4 is 11.9 Å². The van der Waals surface area contributed by atoms with Crippen molar-refractivity contribution in [3.8, 4) is 0 Å². The van der Waals surface area contributed by atoms with Gasteiger partial charge < -0.3 is 10.0 Å². The topological polar surface area (TPSA) is 57.6 Å². The number of carboxylic acid groups (broad SMARTS) is 1. The van der Waals surface area contributed by atoms with Gasteiger partial charge in [0.05, 0.1) is 17.3 Å². The van der Waals surface area contributed by atoms with E-state index in [1.807, 2.05) is 31.2 Å². The maximum Gasteiger partial charge on any atom is 0.394 e. The molecule has 0 aromatic heterocycles. The van der Waals surface area contributed by atoms with E-state index < -0.39 is 35.9 Å². The van der Waals surface area contributed by atoms with Gasteiger partial charge in [0, 0.05) is 13.1 Å². The van der Waals surface area contributed by atoms with Gasteiger partial charge in [-0.3, -0.25) is 9.59 Å². The van der Waals surface area contributed by atoms with Gasteiger partial charge >= 0.3 is 12.1 Å². The zero-order chi connectivity index (χ0) is 17.7. The van der Waals surface area contributed by atoms with Crippen LogP contribution >= 0.6 is 0 Å². The van der Waals surface area contributed by atoms with Crippen molar-refractivity contribution in [2.45, 2.75) is 31.4 Å². The molecule has 130 valence electrons. The maximum atomic E-state index is 13.1. The van der Waals surface area contributed by atoms with Gasteiger partial charge in [-0.15, -0.1) is 0 Å². The number of benzene rings is 1. The molecular weight excluding hydrogens is 323 g/mol. The summed E-state index contributed by atoms with van der Waals surface area (Å²) in [4.78, 5) is 25.1. The Morgan fingerprint density at radius 1 is 1.25 bits per heavy atom. The fraction of sp³-hybridized carbons (Fsp3) is 0.529. The summed E-state index contributed by atoms with van der Waals surface area (Å²) in [6.45, 7) is 0.929. The number of carboxylic acids is 1. The van der Waals surface area contributed by atoms with Crippen LogP contribution in [0, 0.1) is 18.8 Å². The van der Waals surface area contributed by atoms with E-state index in [1.165, 1.54) is 0 Å². The summed E-state index contributed by atoms with van der Waals surface area (Å²) < 4.78 is 39.3. The number of nitrogens with zero attached hydrogens (tertiary/aromatic N) is 1. The Bertz CT molecular complexity index is 682. The van der Waals surface area contributed by atoms with Gasteiger partial charge in [-0.1, -0.05) is 29.8 Å². The predicted molar refractivity (Wildman–Crippen MR) is 79.3 cm³/mol. The maximum absolute atomic E-state index is 13.1. The summed E-state index contributed by atoms with van der Waals surface area (Å²) in [6, 6.07) is 7.39. The van der Waals surface area contributed by atoms with E-state index in [9.17, 15) is 22.8 Å². The molecule has 2 atom stereocenters. The normalized spacial score (nSPS) is 25.6. The SMILES string of the molecule is Cc1cccc(C2(C(=O)N3C[C@@H](C(F)(F)F)[C@H](C(=O)O)C3)CC2)c1. The first-order chi connectivity index (χ1) is 11.1. The minimum absolute atomic E-state index is 0.383. The summed E-state index contributed by atoms with van der Waals surface area (Å²) >= 11 is 0. The lowest BCUT2D eigenvalue weighted by Gasteiger charge is -2.24. The molecule has 1 aliphatic heterocycles. The van der Waals surface area contributed by atoms with Crippen molar-refractivity contribution < 1.29 is 27.9 Å². The van der Waals surface area contributed by atoms with E-state index in [1.54, 1.807) is 0 Å². The molecule has 1 amide bonds. The van der Waals surface area contributed by atoms with Crippen molar-refractivity contribution in [1.29, 1.82) is 0 Å². The Kier molecular flexibility index (Phi) is 3.85. The van der Waals surface area contributed by atoms with Crippen LogP contribution in [-0.4, -0.2) is 41.1 Å². The summed E-state index contributed by atoms with van der Waals surface area (Å²) in [7, 11) is 0. The van der Waals surface area contributed by atoms with E-state index in [0.717, 1.165) is 16.0 Å². The Labute approximate surface area is 137 Å². The van der Waals surface area contributed by atoms with Crippen LogP contribution in [0.2, 0.25) is 0 Å². The van der Waals surface area contributed by atoms with Gasteiger partial charge in [-0.2, -0.15) is 13.2 Å². The van der Waals surface area contributed by atoms with E-state index >= 15 is 0 Å². The van der Waals surface area contributed by atoms with Crippen LogP contribution < -0.4 is 0 Å². The fourth-order valence-electron chi connectivity index (χ4n) is 3.55. The molecule has 1 saturated carbocycles. The zero-order valence-corrected chi connectivity index (χ0v) is 13.1. The molecule has 0 spiro atoms. The molecule has 1 saturated heterocycles. The molecule has 1 N–H and O–H groups in total. The monoisotopic (exact) mass is 341 g/mol. The highest BCUT2D eigenvalue weighted by Gasteiger charge is 2.58. The molecular formula is C17H18F3NO3. The van der Waals surface area contributed by atoms with Crippen LogP contribution in [0.25, 0.3) is 0 Å². The third-order valence-corrected chi connectivity index (χ3v) is 5.07. The third kappa shape index (κ3) is 2.76. The number of hydrogen-bond acceptors (Lipinski definition) is 2. The Hall–Kier alpha value is -2.05. The standard InChI is InChI=1S/C17H18F3NO3/c1-10-3-2-4-11(7-10)16(5-6-16)15(24)21-8-12(14(22)23)13(9-21)17(18,19)20/h2-4,7,12-13H,5-6,8-9H2,1H3,(H,22,23)/t12-,13-/m1/s1. The minimum atomic E-state index is -4.63. The second-order valence-corrected chi connectivity index (χ2v) is 6.75. The number of carbonyl (C=O) groups excluding carboxylic acids is 1. The number of amides is 1. The van der Waals surface area contributed by atoms with Crippen LogP contribution in [0.1, 0.15) is 24.0 Å². The fourth-order valence-corrected chi connectivity index (χ4v) is 3.55. The molecule has 24 heavy (non-hydrogen) atoms. The number of hydrogen-bond donors (Lipinski definition) is 1. The molecule has 1 aromatic carbocycles. The highest BCUT2D eigenvalue weighted by Crippen LogP contribution is 2.51. The van der Waals surface area contributed by atoms with Gasteiger partial charge in [0.25, 0.3) is 0 Å². The van der Waals surface area contributed by atoms with Gasteiger partial charge in [0.1, 0.15) is 0 Å². The highest BCUT2D eigenvalue weighted by atomic mass is 19.4. The van der Waals surface area contributed by atoms with Crippen LogP contribution in [0.3, 0.4) is 0 Å². The summed E-state index contributed by atoms with van der Waals surface area (Å²) in [6.07, 6.45) is -3.46. The molecule has 0 radical (unpaired) electrons. The second kappa shape index (κ2) is 5.50. The van der Waals surface area contributed by atoms with E-state index in [2.05, 4.69) is 0 Å². The van der Waals surface area contributed by atoms with Crippen LogP contribution in [-0.2, 0) is 15.0 Å². The molecule has 2 fully saturated rings. The molecule has 0 bridgehead atoms. The first kappa shape index (κ1) is 16.8. The van der Waals surface area contributed by atoms with Crippen LogP contribution in [0.5, 0.6) is 0 Å². The van der Waals surface area contributed by atoms with E-state index in [-0.39, 0.29) is 12.5 Å². The second-order valence-electron chi connectivity index (χ2n) is 6.75. The van der Waals surface area contributed by atoms with Gasteiger partial charge in [0.15, 0.2) is 0 Å². The minimum Gasteiger partial charge on any atom is -0.481 e. The molecule has 1 heterocycles. The Morgan fingerprint density at radius 2 is 1.92 bits per heavy atom. The number of likely N-dealkylation sites (tertiary alicyclic amines) is 1. The predicted octanol–water partition coefficient (Wildman–Crippen LogP) is 2.75. The zero-order valence-electron chi connectivity index (χ0n) is 13.1. The Balaban J connectivity index is 1.85. The number of aryl methyl sites for hydroxylation is 1. The van der Waals surface area contributed by atoms with Gasteiger partial charge in [-0.05, 0) is 25.3 Å². The van der Waals surface area contributed by atoms with E-state index in [0.29, 0.717) is 12.8 Å². The lowest BCUT2D eigenvalue weighted by molar-refractivity contribution is -0.188. The number of halogens is 3. The van der Waals surface area contributed by atoms with Crippen molar-refractivity contribution in [2.24, 2.45) is 11.8 Å². The van der Waals surface area contributed by atoms with Crippen molar-refractivity contribution in [2.75, 3.05) is 13.1 Å². The van der Waals surface area contributed by atoms with Crippen molar-refractivity contribution in [3.05, 3.63) is 35.4 Å². The van der Waals surface area contributed by atoms with Gasteiger partial charge in [0.2, 0.25) is 5.91 Å². The van der Waals surface area contributed by atoms with Crippen LogP contribution in [0.15, 0.2) is 24.3 Å². The molecule has 1 aliphatic carbocycles. The lowest BCUT2D eigenvalue weighted by Crippen LogP contribution is -2.39. The first-order valence-electron chi connectivity index (χ1n) is 7.81. The quantitative estimate of drug-likeness (QED) is 0.920. The summed E-state index contributed by atoms with van der Waals surface area (Å²) in [5.74, 6) is -5.49. The van der Waals surface area contributed by atoms with Crippen LogP contribution in [0.4, 0.5) is 13.2 Å². The van der Waals surface area contributed by atoms with Crippen molar-refractivity contribution in [3.63, 3.8) is 0 Å². The first-order valence-corrected chi connectivity index (χ1v) is 7.81. The highest BCUT2D eigenvalue weighted by molar-refractivity contribution is 5.92. The van der Waals surface area contributed by atoms with E-state index in [4.69, 9.17) is 5.11 Å². The smallest absolute Gasteiger partial charge is 0.394 e. The number of carbonyl (C=O) groups is 2. The molecule has 3 rings (SSSR count). The van der Waals surface area contributed by atoms with Crippen molar-refractivity contribution in [1.82, 2.24) is 4.90 Å². The third-order valence-electron chi connectivity index (χ3n) is 5.07. The number of aliphatic carboxylic acids is 1. The number of alkyl halides is 3. The molecule has 0 unspecified atom stereocenters. The average Bonchev–Trinajstić information content (AvgIpc) is 3.16. The summed E-state index contributed by atoms with van der Waals surface area (Å²) in [5, 5.41) is 9.08. The molecule has 7 heteroatoms.